The van der Waals surface area contributed by atoms with Crippen molar-refractivity contribution in [2.75, 3.05) is 19.7 Å². The number of nitrogens with one attached hydrogen (secondary N) is 1. The molecule has 2 atom stereocenters. The van der Waals surface area contributed by atoms with E-state index in [2.05, 4.69) is 37.9 Å². The van der Waals surface area contributed by atoms with Crippen LogP contribution in [-0.4, -0.2) is 41.2 Å². The highest BCUT2D eigenvalue weighted by atomic mass is 32.1. The molecule has 0 aliphatic carbocycles. The lowest BCUT2D eigenvalue weighted by Gasteiger charge is -2.34. The Bertz CT molecular complexity index is 494. The van der Waals surface area contributed by atoms with Gasteiger partial charge in [-0.15, -0.1) is 11.3 Å². The summed E-state index contributed by atoms with van der Waals surface area (Å²) in [5.74, 6) is 0. The summed E-state index contributed by atoms with van der Waals surface area (Å²) in [6.07, 6.45) is 2.79. The molecule has 5 heteroatoms. The Morgan fingerprint density at radius 3 is 3.00 bits per heavy atom. The highest BCUT2D eigenvalue weighted by Gasteiger charge is 2.34. The fourth-order valence-corrected chi connectivity index (χ4v) is 4.11. The Kier molecular flexibility index (Phi) is 4.37. The number of nitrogens with zero attached hydrogens (tertiary/aromatic N) is 2. The number of morpholine rings is 1. The van der Waals surface area contributed by atoms with Gasteiger partial charge in [0.15, 0.2) is 0 Å². The van der Waals surface area contributed by atoms with Crippen LogP contribution in [0.15, 0.2) is 0 Å². The monoisotopic (exact) mass is 309 g/mol. The van der Waals surface area contributed by atoms with E-state index in [1.807, 2.05) is 11.3 Å². The van der Waals surface area contributed by atoms with Gasteiger partial charge in [0.05, 0.1) is 12.3 Å². The van der Waals surface area contributed by atoms with Gasteiger partial charge in [-0.25, -0.2) is 4.98 Å². The summed E-state index contributed by atoms with van der Waals surface area (Å²) in [5, 5.41) is 4.71. The van der Waals surface area contributed by atoms with E-state index in [0.29, 0.717) is 6.04 Å². The molecule has 0 amide bonds. The molecule has 2 unspecified atom stereocenters. The van der Waals surface area contributed by atoms with Crippen LogP contribution in [-0.2, 0) is 11.3 Å². The summed E-state index contributed by atoms with van der Waals surface area (Å²) in [6, 6.07) is 0.657. The van der Waals surface area contributed by atoms with Gasteiger partial charge in [0.25, 0.3) is 0 Å². The first-order chi connectivity index (χ1) is 9.92. The second-order valence-corrected chi connectivity index (χ2v) is 8.39. The summed E-state index contributed by atoms with van der Waals surface area (Å²) in [5.41, 5.74) is 1.29. The van der Waals surface area contributed by atoms with Crippen molar-refractivity contribution in [3.05, 3.63) is 15.6 Å². The summed E-state index contributed by atoms with van der Waals surface area (Å²) >= 11 is 1.82. The van der Waals surface area contributed by atoms with Crippen LogP contribution in [0.2, 0.25) is 0 Å². The Labute approximate surface area is 131 Å². The van der Waals surface area contributed by atoms with Gasteiger partial charge in [0.1, 0.15) is 11.1 Å². The van der Waals surface area contributed by atoms with Gasteiger partial charge in [-0.3, -0.25) is 4.90 Å². The van der Waals surface area contributed by atoms with E-state index in [1.54, 1.807) is 0 Å². The maximum atomic E-state index is 6.08. The Balaban J connectivity index is 1.66. The minimum absolute atomic E-state index is 0.140. The van der Waals surface area contributed by atoms with Crippen molar-refractivity contribution in [2.24, 2.45) is 0 Å². The zero-order valence-electron chi connectivity index (χ0n) is 13.6. The SMILES string of the molecule is Cc1nc(C2CN3CCCC3CO2)sc1CNC(C)(C)C. The lowest BCUT2D eigenvalue weighted by atomic mass is 10.1. The van der Waals surface area contributed by atoms with E-state index in [1.165, 1.54) is 24.3 Å². The van der Waals surface area contributed by atoms with Gasteiger partial charge < -0.3 is 10.1 Å². The molecular weight excluding hydrogens is 282 g/mol. The number of aryl methyl sites for hydroxylation is 1. The quantitative estimate of drug-likeness (QED) is 0.931. The van der Waals surface area contributed by atoms with Crippen molar-refractivity contribution in [2.45, 2.75) is 64.8 Å². The van der Waals surface area contributed by atoms with E-state index >= 15 is 0 Å². The molecule has 2 aliphatic rings. The Morgan fingerprint density at radius 2 is 2.24 bits per heavy atom. The Hall–Kier alpha value is -0.490. The molecule has 3 rings (SSSR count). The topological polar surface area (TPSA) is 37.4 Å². The number of rotatable bonds is 3. The highest BCUT2D eigenvalue weighted by Crippen LogP contribution is 2.33. The molecule has 4 nitrogen and oxygen atoms in total. The molecule has 0 radical (unpaired) electrons. The molecule has 2 aliphatic heterocycles. The molecule has 21 heavy (non-hydrogen) atoms. The van der Waals surface area contributed by atoms with E-state index in [0.717, 1.165) is 30.4 Å². The molecule has 0 bridgehead atoms. The van der Waals surface area contributed by atoms with E-state index in [9.17, 15) is 0 Å². The molecule has 1 aromatic heterocycles. The van der Waals surface area contributed by atoms with Crippen LogP contribution in [0.5, 0.6) is 0 Å². The standard InChI is InChI=1S/C16H27N3OS/c1-11-14(8-17-16(2,3)4)21-15(18-11)13-9-19-7-5-6-12(19)10-20-13/h12-13,17H,5-10H2,1-4H3. The first kappa shape index (κ1) is 15.4. The predicted octanol–water partition coefficient (Wildman–Crippen LogP) is 2.88. The molecule has 2 fully saturated rings. The summed E-state index contributed by atoms with van der Waals surface area (Å²) in [7, 11) is 0. The highest BCUT2D eigenvalue weighted by molar-refractivity contribution is 7.11. The van der Waals surface area contributed by atoms with E-state index < -0.39 is 0 Å². The van der Waals surface area contributed by atoms with Crippen LogP contribution < -0.4 is 5.32 Å². The van der Waals surface area contributed by atoms with Crippen LogP contribution in [0.25, 0.3) is 0 Å². The summed E-state index contributed by atoms with van der Waals surface area (Å²) in [6.45, 7) is 12.7. The van der Waals surface area contributed by atoms with Gasteiger partial charge in [0, 0.05) is 29.5 Å². The lowest BCUT2D eigenvalue weighted by molar-refractivity contribution is -0.0502. The number of fused-ring (bicyclic) bond motifs is 1. The maximum Gasteiger partial charge on any atom is 0.123 e. The van der Waals surface area contributed by atoms with E-state index in [-0.39, 0.29) is 11.6 Å². The van der Waals surface area contributed by atoms with Crippen molar-refractivity contribution in [3.63, 3.8) is 0 Å². The minimum atomic E-state index is 0.140. The second-order valence-electron chi connectivity index (χ2n) is 7.28. The molecule has 118 valence electrons. The maximum absolute atomic E-state index is 6.08. The molecule has 3 heterocycles. The van der Waals surface area contributed by atoms with Gasteiger partial charge in [-0.05, 0) is 47.1 Å². The van der Waals surface area contributed by atoms with Crippen LogP contribution in [0, 0.1) is 6.92 Å². The lowest BCUT2D eigenvalue weighted by Crippen LogP contribution is -2.42. The number of ether oxygens (including phenoxy) is 1. The van der Waals surface area contributed by atoms with Crippen LogP contribution >= 0.6 is 11.3 Å². The smallest absolute Gasteiger partial charge is 0.123 e. The third kappa shape index (κ3) is 3.65. The number of hydrogen-bond donors (Lipinski definition) is 1. The second kappa shape index (κ2) is 5.95. The van der Waals surface area contributed by atoms with Crippen molar-refractivity contribution in [1.29, 1.82) is 0 Å². The third-order valence-electron chi connectivity index (χ3n) is 4.35. The number of thiazole rings is 1. The average molecular weight is 309 g/mol. The van der Waals surface area contributed by atoms with Gasteiger partial charge >= 0.3 is 0 Å². The zero-order chi connectivity index (χ0) is 15.0. The van der Waals surface area contributed by atoms with Crippen molar-refractivity contribution in [1.82, 2.24) is 15.2 Å². The zero-order valence-corrected chi connectivity index (χ0v) is 14.4. The van der Waals surface area contributed by atoms with Gasteiger partial charge in [-0.2, -0.15) is 0 Å². The van der Waals surface area contributed by atoms with Crippen molar-refractivity contribution < 1.29 is 4.74 Å². The summed E-state index contributed by atoms with van der Waals surface area (Å²) < 4.78 is 6.08. The number of hydrogen-bond acceptors (Lipinski definition) is 5. The Morgan fingerprint density at radius 1 is 1.43 bits per heavy atom. The molecule has 0 spiro atoms. The third-order valence-corrected chi connectivity index (χ3v) is 5.60. The van der Waals surface area contributed by atoms with Crippen molar-refractivity contribution >= 4 is 11.3 Å². The fraction of sp³-hybridized carbons (Fsp3) is 0.812. The summed E-state index contributed by atoms with van der Waals surface area (Å²) in [4.78, 5) is 8.70. The van der Waals surface area contributed by atoms with Gasteiger partial charge in [0.2, 0.25) is 0 Å². The molecule has 2 saturated heterocycles. The molecule has 0 aromatic carbocycles. The predicted molar refractivity (Wildman–Crippen MR) is 86.7 cm³/mol. The van der Waals surface area contributed by atoms with E-state index in [4.69, 9.17) is 9.72 Å². The average Bonchev–Trinajstić information content (AvgIpc) is 3.01. The molecular formula is C16H27N3OS. The normalized spacial score (nSPS) is 27.0. The largest absolute Gasteiger partial charge is 0.368 e. The molecule has 0 saturated carbocycles. The minimum Gasteiger partial charge on any atom is -0.368 e. The molecule has 1 aromatic rings. The van der Waals surface area contributed by atoms with Crippen molar-refractivity contribution in [3.8, 4) is 0 Å². The van der Waals surface area contributed by atoms with Crippen LogP contribution in [0.1, 0.15) is 55.3 Å². The first-order valence-electron chi connectivity index (χ1n) is 7.99. The van der Waals surface area contributed by atoms with Crippen LogP contribution in [0.4, 0.5) is 0 Å². The molecule has 1 N–H and O–H groups in total. The first-order valence-corrected chi connectivity index (χ1v) is 8.81. The van der Waals surface area contributed by atoms with Gasteiger partial charge in [-0.1, -0.05) is 0 Å². The number of aromatic nitrogens is 1. The van der Waals surface area contributed by atoms with Crippen LogP contribution in [0.3, 0.4) is 0 Å². The fourth-order valence-electron chi connectivity index (χ4n) is 3.06.